The van der Waals surface area contributed by atoms with Crippen LogP contribution in [0.5, 0.6) is 0 Å². The van der Waals surface area contributed by atoms with Crippen LogP contribution in [-0.2, 0) is 4.74 Å². The van der Waals surface area contributed by atoms with E-state index in [1.165, 1.54) is 0 Å². The van der Waals surface area contributed by atoms with Crippen molar-refractivity contribution in [1.29, 1.82) is 0 Å². The molecule has 1 aliphatic carbocycles. The van der Waals surface area contributed by atoms with E-state index in [-0.39, 0.29) is 29.3 Å². The van der Waals surface area contributed by atoms with Crippen LogP contribution >= 0.6 is 0 Å². The maximum Gasteiger partial charge on any atom is 0.339 e. The summed E-state index contributed by atoms with van der Waals surface area (Å²) in [5.41, 5.74) is 10.2. The fourth-order valence-electron chi connectivity index (χ4n) is 4.48. The van der Waals surface area contributed by atoms with Gasteiger partial charge in [-0.2, -0.15) is 0 Å². The smallest absolute Gasteiger partial charge is 0.339 e. The van der Waals surface area contributed by atoms with Crippen LogP contribution in [-0.4, -0.2) is 23.7 Å². The van der Waals surface area contributed by atoms with Crippen molar-refractivity contribution < 1.29 is 19.4 Å². The van der Waals surface area contributed by atoms with Gasteiger partial charge in [-0.3, -0.25) is 0 Å². The van der Waals surface area contributed by atoms with Gasteiger partial charge in [-0.1, -0.05) is 72.8 Å². The lowest BCUT2D eigenvalue weighted by Crippen LogP contribution is -2.17. The number of nitrogens with two attached hydrogens (primary N) is 1. The quantitative estimate of drug-likeness (QED) is 0.362. The molecular formula is C26H19NO4. The minimum Gasteiger partial charge on any atom is -0.478 e. The van der Waals surface area contributed by atoms with Crippen LogP contribution in [0.4, 0.5) is 5.69 Å². The molecule has 0 atom stereocenters. The summed E-state index contributed by atoms with van der Waals surface area (Å²) in [7, 11) is 0. The van der Waals surface area contributed by atoms with Crippen molar-refractivity contribution in [3.8, 4) is 11.1 Å². The number of benzene rings is 4. The van der Waals surface area contributed by atoms with E-state index in [0.29, 0.717) is 10.8 Å². The summed E-state index contributed by atoms with van der Waals surface area (Å²) >= 11 is 0. The van der Waals surface area contributed by atoms with Gasteiger partial charge < -0.3 is 15.6 Å². The van der Waals surface area contributed by atoms with Crippen LogP contribution in [0.3, 0.4) is 0 Å². The summed E-state index contributed by atoms with van der Waals surface area (Å²) in [6, 6.07) is 24.7. The molecule has 4 aromatic carbocycles. The first-order valence-electron chi connectivity index (χ1n) is 9.96. The van der Waals surface area contributed by atoms with Gasteiger partial charge in [-0.15, -0.1) is 0 Å². The highest BCUT2D eigenvalue weighted by Gasteiger charge is 2.30. The van der Waals surface area contributed by atoms with E-state index in [2.05, 4.69) is 12.1 Å². The molecule has 0 saturated heterocycles. The molecule has 0 heterocycles. The Morgan fingerprint density at radius 2 is 1.42 bits per heavy atom. The maximum atomic E-state index is 13.2. The summed E-state index contributed by atoms with van der Waals surface area (Å²) in [5.74, 6) is -2.06. The molecule has 3 N–H and O–H groups in total. The molecule has 5 nitrogen and oxygen atoms in total. The predicted molar refractivity (Wildman–Crippen MR) is 119 cm³/mol. The molecule has 0 spiro atoms. The molecule has 1 aliphatic rings. The van der Waals surface area contributed by atoms with E-state index in [0.717, 1.165) is 22.3 Å². The Morgan fingerprint density at radius 3 is 2.06 bits per heavy atom. The van der Waals surface area contributed by atoms with Crippen molar-refractivity contribution in [2.24, 2.45) is 0 Å². The molecule has 0 aliphatic heterocycles. The fraction of sp³-hybridized carbons (Fsp3) is 0.0769. The molecule has 0 bridgehead atoms. The average Bonchev–Trinajstić information content (AvgIpc) is 3.10. The molecule has 0 radical (unpaired) electrons. The predicted octanol–water partition coefficient (Wildman–Crippen LogP) is 5.09. The zero-order chi connectivity index (χ0) is 21.5. The molecule has 0 saturated carbocycles. The van der Waals surface area contributed by atoms with Crippen LogP contribution in [0.15, 0.2) is 78.9 Å². The van der Waals surface area contributed by atoms with Gasteiger partial charge in [0.15, 0.2) is 0 Å². The number of carboxylic acids is 1. The SMILES string of the molecule is Nc1cc2ccccc2c(C(=O)OCC2c3ccccc3-c3ccccc32)c1C(=O)O. The second-order valence-corrected chi connectivity index (χ2v) is 7.57. The van der Waals surface area contributed by atoms with E-state index < -0.39 is 11.9 Å². The number of rotatable bonds is 4. The molecular weight excluding hydrogens is 390 g/mol. The number of hydrogen-bond donors (Lipinski definition) is 2. The lowest BCUT2D eigenvalue weighted by atomic mass is 9.96. The highest BCUT2D eigenvalue weighted by atomic mass is 16.5. The third kappa shape index (κ3) is 3.02. The standard InChI is InChI=1S/C26H19NO4/c27-22-13-15-7-1-2-8-16(15)23(24(22)25(28)29)26(30)31-14-21-19-11-5-3-9-17(19)18-10-4-6-12-20(18)21/h1-13,21H,14,27H2,(H,28,29). The minimum atomic E-state index is -1.26. The van der Waals surface area contributed by atoms with Crippen molar-refractivity contribution in [2.75, 3.05) is 12.3 Å². The van der Waals surface area contributed by atoms with Gasteiger partial charge in [-0.25, -0.2) is 9.59 Å². The Labute approximate surface area is 178 Å². The van der Waals surface area contributed by atoms with Crippen LogP contribution in [0, 0.1) is 0 Å². The van der Waals surface area contributed by atoms with Gasteiger partial charge in [0, 0.05) is 11.6 Å². The van der Waals surface area contributed by atoms with Gasteiger partial charge in [-0.05, 0) is 39.1 Å². The number of esters is 1. The number of ether oxygens (including phenoxy) is 1. The lowest BCUT2D eigenvalue weighted by Gasteiger charge is -2.16. The number of aromatic carboxylic acids is 1. The number of anilines is 1. The summed E-state index contributed by atoms with van der Waals surface area (Å²) < 4.78 is 5.72. The van der Waals surface area contributed by atoms with Gasteiger partial charge in [0.1, 0.15) is 6.61 Å². The normalized spacial score (nSPS) is 12.4. The number of hydrogen-bond acceptors (Lipinski definition) is 4. The van der Waals surface area contributed by atoms with Gasteiger partial charge in [0.2, 0.25) is 0 Å². The maximum absolute atomic E-state index is 13.2. The van der Waals surface area contributed by atoms with Crippen LogP contribution < -0.4 is 5.73 Å². The first-order chi connectivity index (χ1) is 15.1. The monoisotopic (exact) mass is 409 g/mol. The second kappa shape index (κ2) is 7.29. The zero-order valence-corrected chi connectivity index (χ0v) is 16.5. The molecule has 0 fully saturated rings. The molecule has 152 valence electrons. The molecule has 4 aromatic rings. The van der Waals surface area contributed by atoms with Crippen LogP contribution in [0.1, 0.15) is 37.8 Å². The average molecular weight is 409 g/mol. The molecule has 5 rings (SSSR count). The topological polar surface area (TPSA) is 89.6 Å². The van der Waals surface area contributed by atoms with Crippen molar-refractivity contribution >= 4 is 28.4 Å². The van der Waals surface area contributed by atoms with Crippen molar-refractivity contribution in [1.82, 2.24) is 0 Å². The Bertz CT molecular complexity index is 1310. The number of nitrogen functional groups attached to an aromatic ring is 1. The van der Waals surface area contributed by atoms with Gasteiger partial charge >= 0.3 is 11.9 Å². The van der Waals surface area contributed by atoms with Gasteiger partial charge in [0.25, 0.3) is 0 Å². The molecule has 0 unspecified atom stereocenters. The zero-order valence-electron chi connectivity index (χ0n) is 16.5. The fourth-order valence-corrected chi connectivity index (χ4v) is 4.48. The van der Waals surface area contributed by atoms with E-state index in [9.17, 15) is 14.7 Å². The Kier molecular flexibility index (Phi) is 4.44. The molecule has 31 heavy (non-hydrogen) atoms. The Morgan fingerprint density at radius 1 is 0.839 bits per heavy atom. The molecule has 5 heteroatoms. The molecule has 0 aromatic heterocycles. The summed E-state index contributed by atoms with van der Waals surface area (Å²) in [6.45, 7) is 0.106. The highest BCUT2D eigenvalue weighted by molar-refractivity contribution is 6.15. The second-order valence-electron chi connectivity index (χ2n) is 7.57. The highest BCUT2D eigenvalue weighted by Crippen LogP contribution is 2.44. The Balaban J connectivity index is 1.53. The number of carboxylic acid groups (broad SMARTS) is 1. The summed E-state index contributed by atoms with van der Waals surface area (Å²) in [4.78, 5) is 25.1. The third-order valence-electron chi connectivity index (χ3n) is 5.84. The van der Waals surface area contributed by atoms with Crippen molar-refractivity contribution in [3.63, 3.8) is 0 Å². The lowest BCUT2D eigenvalue weighted by molar-refractivity contribution is 0.0486. The van der Waals surface area contributed by atoms with Crippen LogP contribution in [0.25, 0.3) is 21.9 Å². The van der Waals surface area contributed by atoms with Gasteiger partial charge in [0.05, 0.1) is 11.1 Å². The third-order valence-corrected chi connectivity index (χ3v) is 5.84. The first-order valence-corrected chi connectivity index (χ1v) is 9.96. The summed E-state index contributed by atoms with van der Waals surface area (Å²) in [6.07, 6.45) is 0. The number of carbonyl (C=O) groups excluding carboxylic acids is 1. The van der Waals surface area contributed by atoms with Crippen LogP contribution in [0.2, 0.25) is 0 Å². The van der Waals surface area contributed by atoms with E-state index in [1.54, 1.807) is 24.3 Å². The largest absolute Gasteiger partial charge is 0.478 e. The number of carbonyl (C=O) groups is 2. The Hall–Kier alpha value is -4.12. The van der Waals surface area contributed by atoms with E-state index in [4.69, 9.17) is 10.5 Å². The molecule has 0 amide bonds. The van der Waals surface area contributed by atoms with Crippen molar-refractivity contribution in [2.45, 2.75) is 5.92 Å². The van der Waals surface area contributed by atoms with E-state index in [1.807, 2.05) is 42.5 Å². The first kappa shape index (κ1) is 18.9. The van der Waals surface area contributed by atoms with E-state index >= 15 is 0 Å². The summed E-state index contributed by atoms with van der Waals surface area (Å²) in [5, 5.41) is 10.9. The number of fused-ring (bicyclic) bond motifs is 4. The van der Waals surface area contributed by atoms with Crippen molar-refractivity contribution in [3.05, 3.63) is 101 Å². The minimum absolute atomic E-state index is 0.0114.